The Morgan fingerprint density at radius 3 is 2.78 bits per heavy atom. The molecule has 2 rings (SSSR count). The number of nitrogens with zero attached hydrogens (tertiary/aromatic N) is 1. The molecule has 6 heteroatoms. The van der Waals surface area contributed by atoms with Gasteiger partial charge >= 0.3 is 0 Å². The summed E-state index contributed by atoms with van der Waals surface area (Å²) in [6, 6.07) is 4.68. The number of nitrogens with one attached hydrogen (secondary N) is 1. The summed E-state index contributed by atoms with van der Waals surface area (Å²) in [5.74, 6) is 0.783. The first-order chi connectivity index (χ1) is 8.38. The zero-order valence-electron chi connectivity index (χ0n) is 10.6. The minimum atomic E-state index is -3.48. The molecule has 1 N–H and O–H groups in total. The second-order valence-corrected chi connectivity index (χ2v) is 6.38. The molecule has 18 heavy (non-hydrogen) atoms. The molecule has 0 aliphatic heterocycles. The molecular weight excluding hydrogens is 252 g/mol. The van der Waals surface area contributed by atoms with Crippen molar-refractivity contribution in [2.45, 2.75) is 25.7 Å². The van der Waals surface area contributed by atoms with E-state index in [4.69, 9.17) is 4.42 Å². The van der Waals surface area contributed by atoms with E-state index in [2.05, 4.69) is 9.71 Å². The Balaban J connectivity index is 2.35. The molecule has 98 valence electrons. The molecule has 0 radical (unpaired) electrons. The highest BCUT2D eigenvalue weighted by atomic mass is 32.2. The van der Waals surface area contributed by atoms with Crippen LogP contribution in [-0.2, 0) is 10.0 Å². The number of aryl methyl sites for hydroxylation is 1. The van der Waals surface area contributed by atoms with Crippen molar-refractivity contribution in [2.24, 2.45) is 5.92 Å². The molecule has 0 amide bonds. The smallest absolute Gasteiger partial charge is 0.240 e. The quantitative estimate of drug-likeness (QED) is 0.921. The molecule has 0 saturated heterocycles. The zero-order chi connectivity index (χ0) is 13.3. The van der Waals surface area contributed by atoms with Gasteiger partial charge in [0.05, 0.1) is 4.90 Å². The highest BCUT2D eigenvalue weighted by Gasteiger charge is 2.16. The monoisotopic (exact) mass is 268 g/mol. The van der Waals surface area contributed by atoms with Crippen LogP contribution < -0.4 is 4.72 Å². The summed E-state index contributed by atoms with van der Waals surface area (Å²) >= 11 is 0. The second-order valence-electron chi connectivity index (χ2n) is 4.61. The first-order valence-electron chi connectivity index (χ1n) is 5.75. The Morgan fingerprint density at radius 2 is 2.11 bits per heavy atom. The summed E-state index contributed by atoms with van der Waals surface area (Å²) in [4.78, 5) is 4.33. The molecule has 1 heterocycles. The third-order valence-electron chi connectivity index (χ3n) is 2.46. The fourth-order valence-electron chi connectivity index (χ4n) is 1.55. The van der Waals surface area contributed by atoms with Gasteiger partial charge < -0.3 is 4.42 Å². The fourth-order valence-corrected chi connectivity index (χ4v) is 2.78. The third kappa shape index (κ3) is 2.70. The molecule has 0 aliphatic carbocycles. The second kappa shape index (κ2) is 4.70. The standard InChI is InChI=1S/C12H16N2O3S/c1-8(2)7-13-18(15,16)10-4-5-11-12(6-10)17-9(3)14-11/h4-6,8,13H,7H2,1-3H3. The van der Waals surface area contributed by atoms with Crippen LogP contribution in [0.4, 0.5) is 0 Å². The summed E-state index contributed by atoms with van der Waals surface area (Å²) in [6.07, 6.45) is 0. The van der Waals surface area contributed by atoms with Crippen LogP contribution in [-0.4, -0.2) is 19.9 Å². The normalized spacial score (nSPS) is 12.4. The summed E-state index contributed by atoms with van der Waals surface area (Å²) < 4.78 is 31.9. The minimum Gasteiger partial charge on any atom is -0.441 e. The van der Waals surface area contributed by atoms with Crippen molar-refractivity contribution in [3.63, 3.8) is 0 Å². The van der Waals surface area contributed by atoms with Crippen LogP contribution in [0.1, 0.15) is 19.7 Å². The molecule has 0 atom stereocenters. The van der Waals surface area contributed by atoms with E-state index < -0.39 is 10.0 Å². The Bertz CT molecular complexity index is 659. The number of benzene rings is 1. The average molecular weight is 268 g/mol. The first-order valence-corrected chi connectivity index (χ1v) is 7.23. The number of oxazole rings is 1. The molecule has 0 fully saturated rings. The number of hydrogen-bond acceptors (Lipinski definition) is 4. The summed E-state index contributed by atoms with van der Waals surface area (Å²) in [7, 11) is -3.48. The van der Waals surface area contributed by atoms with Crippen LogP contribution in [0.25, 0.3) is 11.1 Å². The maximum Gasteiger partial charge on any atom is 0.240 e. The lowest BCUT2D eigenvalue weighted by atomic mass is 10.2. The van der Waals surface area contributed by atoms with E-state index in [0.717, 1.165) is 0 Å². The van der Waals surface area contributed by atoms with Crippen molar-refractivity contribution < 1.29 is 12.8 Å². The third-order valence-corrected chi connectivity index (χ3v) is 3.88. The van der Waals surface area contributed by atoms with Gasteiger partial charge in [-0.3, -0.25) is 0 Å². The van der Waals surface area contributed by atoms with Crippen molar-refractivity contribution in [1.82, 2.24) is 9.71 Å². The highest BCUT2D eigenvalue weighted by molar-refractivity contribution is 7.89. The van der Waals surface area contributed by atoms with Crippen LogP contribution >= 0.6 is 0 Å². The van der Waals surface area contributed by atoms with E-state index >= 15 is 0 Å². The Kier molecular flexibility index (Phi) is 3.41. The van der Waals surface area contributed by atoms with Crippen LogP contribution in [0.3, 0.4) is 0 Å². The van der Waals surface area contributed by atoms with E-state index in [1.807, 2.05) is 13.8 Å². The van der Waals surface area contributed by atoms with Gasteiger partial charge in [0.25, 0.3) is 0 Å². The largest absolute Gasteiger partial charge is 0.441 e. The van der Waals surface area contributed by atoms with Crippen LogP contribution in [0.5, 0.6) is 0 Å². The van der Waals surface area contributed by atoms with E-state index in [1.54, 1.807) is 13.0 Å². The van der Waals surface area contributed by atoms with Gasteiger partial charge in [-0.1, -0.05) is 13.8 Å². The van der Waals surface area contributed by atoms with Gasteiger partial charge in [-0.2, -0.15) is 0 Å². The zero-order valence-corrected chi connectivity index (χ0v) is 11.4. The van der Waals surface area contributed by atoms with E-state index in [1.165, 1.54) is 12.1 Å². The van der Waals surface area contributed by atoms with Gasteiger partial charge in [0.2, 0.25) is 10.0 Å². The molecule has 0 aliphatic rings. The topological polar surface area (TPSA) is 72.2 Å². The number of sulfonamides is 1. The van der Waals surface area contributed by atoms with Gasteiger partial charge in [-0.15, -0.1) is 0 Å². The van der Waals surface area contributed by atoms with Gasteiger partial charge in [0.15, 0.2) is 11.5 Å². The average Bonchev–Trinajstić information content (AvgIpc) is 2.65. The summed E-state index contributed by atoms with van der Waals surface area (Å²) in [5, 5.41) is 0. The number of fused-ring (bicyclic) bond motifs is 1. The molecule has 0 spiro atoms. The summed E-state index contributed by atoms with van der Waals surface area (Å²) in [5.41, 5.74) is 1.15. The fraction of sp³-hybridized carbons (Fsp3) is 0.417. The molecule has 1 aromatic carbocycles. The van der Waals surface area contributed by atoms with Gasteiger partial charge in [0.1, 0.15) is 5.52 Å². The SMILES string of the molecule is Cc1nc2ccc(S(=O)(=O)NCC(C)C)cc2o1. The molecule has 1 aromatic heterocycles. The lowest BCUT2D eigenvalue weighted by Crippen LogP contribution is -2.27. The summed E-state index contributed by atoms with van der Waals surface area (Å²) in [6.45, 7) is 6.04. The van der Waals surface area contributed by atoms with Gasteiger partial charge in [-0.25, -0.2) is 18.1 Å². The van der Waals surface area contributed by atoms with Gasteiger partial charge in [-0.05, 0) is 18.1 Å². The predicted octanol–water partition coefficient (Wildman–Crippen LogP) is 2.07. The maximum absolute atomic E-state index is 12.0. The van der Waals surface area contributed by atoms with Crippen molar-refractivity contribution in [3.05, 3.63) is 24.1 Å². The Hall–Kier alpha value is -1.40. The van der Waals surface area contributed by atoms with Crippen molar-refractivity contribution in [1.29, 1.82) is 0 Å². The molecule has 0 saturated carbocycles. The lowest BCUT2D eigenvalue weighted by molar-refractivity contribution is 0.554. The van der Waals surface area contributed by atoms with Crippen LogP contribution in [0.2, 0.25) is 0 Å². The first kappa shape index (κ1) is 13.0. The van der Waals surface area contributed by atoms with Crippen LogP contribution in [0, 0.1) is 12.8 Å². The van der Waals surface area contributed by atoms with Gasteiger partial charge in [0, 0.05) is 19.5 Å². The van der Waals surface area contributed by atoms with Crippen molar-refractivity contribution in [2.75, 3.05) is 6.54 Å². The number of rotatable bonds is 4. The molecular formula is C12H16N2O3S. The van der Waals surface area contributed by atoms with Crippen LogP contribution in [0.15, 0.2) is 27.5 Å². The Labute approximate surface area is 106 Å². The Morgan fingerprint density at radius 1 is 1.39 bits per heavy atom. The highest BCUT2D eigenvalue weighted by Crippen LogP contribution is 2.19. The van der Waals surface area contributed by atoms with Crippen molar-refractivity contribution in [3.8, 4) is 0 Å². The number of aromatic nitrogens is 1. The van der Waals surface area contributed by atoms with E-state index in [-0.39, 0.29) is 10.8 Å². The molecule has 0 bridgehead atoms. The van der Waals surface area contributed by atoms with Crippen molar-refractivity contribution >= 4 is 21.1 Å². The maximum atomic E-state index is 12.0. The number of hydrogen-bond donors (Lipinski definition) is 1. The van der Waals surface area contributed by atoms with E-state index in [0.29, 0.717) is 23.5 Å². The lowest BCUT2D eigenvalue weighted by Gasteiger charge is -2.08. The molecule has 5 nitrogen and oxygen atoms in total. The predicted molar refractivity (Wildman–Crippen MR) is 68.8 cm³/mol. The molecule has 0 unspecified atom stereocenters. The van der Waals surface area contributed by atoms with E-state index in [9.17, 15) is 8.42 Å². The molecule has 2 aromatic rings. The minimum absolute atomic E-state index is 0.201.